The first kappa shape index (κ1) is 19.3. The molecule has 0 saturated carbocycles. The highest BCUT2D eigenvalue weighted by Gasteiger charge is 2.29. The number of ether oxygens (including phenoxy) is 1. The molecule has 0 unspecified atom stereocenters. The van der Waals surface area contributed by atoms with Gasteiger partial charge in [-0.3, -0.25) is 20.3 Å². The number of nitrogens with two attached hydrogens (primary N) is 1. The van der Waals surface area contributed by atoms with E-state index >= 15 is 0 Å². The summed E-state index contributed by atoms with van der Waals surface area (Å²) in [5, 5.41) is 16.8. The van der Waals surface area contributed by atoms with Crippen molar-refractivity contribution in [2.75, 3.05) is 14.1 Å². The zero-order valence-corrected chi connectivity index (χ0v) is 16.5. The standard InChI is InChI=1S/C21H29N5O/c1-21(2,25(3)4)20(24)26-13-14(9-12-19(26)23)27-18-11-10-17(22)15-7-5-6-8-16(15)18/h5-9,12-13,17-18,23-24H,10-11,22H2,1-4H3/t17-,18+/m0/s1. The number of aromatic nitrogens is 1. The number of pyridine rings is 1. The molecule has 1 aliphatic carbocycles. The molecule has 144 valence electrons. The molecule has 0 amide bonds. The lowest BCUT2D eigenvalue weighted by atomic mass is 9.86. The fraction of sp³-hybridized carbons (Fsp3) is 0.429. The lowest BCUT2D eigenvalue weighted by Crippen LogP contribution is -2.50. The van der Waals surface area contributed by atoms with Crippen molar-refractivity contribution < 1.29 is 4.74 Å². The second kappa shape index (κ2) is 7.29. The van der Waals surface area contributed by atoms with Gasteiger partial charge in [0.2, 0.25) is 0 Å². The van der Waals surface area contributed by atoms with Gasteiger partial charge in [-0.25, -0.2) is 0 Å². The molecule has 4 N–H and O–H groups in total. The number of hydrogen-bond acceptors (Lipinski definition) is 5. The molecule has 0 spiro atoms. The maximum Gasteiger partial charge on any atom is 0.137 e. The summed E-state index contributed by atoms with van der Waals surface area (Å²) in [4.78, 5) is 1.97. The molecule has 6 heteroatoms. The molecule has 0 fully saturated rings. The zero-order valence-electron chi connectivity index (χ0n) is 16.5. The van der Waals surface area contributed by atoms with Crippen LogP contribution < -0.4 is 16.0 Å². The Balaban J connectivity index is 1.91. The largest absolute Gasteiger partial charge is 0.484 e. The zero-order chi connectivity index (χ0) is 19.8. The van der Waals surface area contributed by atoms with E-state index in [2.05, 4.69) is 12.1 Å². The van der Waals surface area contributed by atoms with Gasteiger partial charge in [0.1, 0.15) is 23.2 Å². The SMILES string of the molecule is CN(C)C(C)(C)C(=N)n1cc(O[C@@H]2CC[C@H](N)c3ccccc32)ccc1=N. The third-order valence-corrected chi connectivity index (χ3v) is 5.62. The highest BCUT2D eigenvalue weighted by molar-refractivity contribution is 5.90. The minimum atomic E-state index is -0.511. The van der Waals surface area contributed by atoms with Crippen molar-refractivity contribution in [2.45, 2.75) is 44.4 Å². The van der Waals surface area contributed by atoms with E-state index in [0.717, 1.165) is 24.0 Å². The normalized spacial score (nSPS) is 19.6. The number of rotatable bonds is 4. The van der Waals surface area contributed by atoms with Gasteiger partial charge in [-0.05, 0) is 64.0 Å². The Kier molecular flexibility index (Phi) is 5.22. The summed E-state index contributed by atoms with van der Waals surface area (Å²) in [7, 11) is 3.86. The monoisotopic (exact) mass is 367 g/mol. The predicted octanol–water partition coefficient (Wildman–Crippen LogP) is 3.05. The Morgan fingerprint density at radius 3 is 2.48 bits per heavy atom. The Hall–Kier alpha value is -2.44. The number of nitrogens with zero attached hydrogens (tertiary/aromatic N) is 2. The van der Waals surface area contributed by atoms with Crippen LogP contribution in [0, 0.1) is 10.8 Å². The van der Waals surface area contributed by atoms with E-state index in [-0.39, 0.29) is 17.6 Å². The lowest BCUT2D eigenvalue weighted by molar-refractivity contribution is 0.176. The van der Waals surface area contributed by atoms with Gasteiger partial charge in [0.25, 0.3) is 0 Å². The van der Waals surface area contributed by atoms with Crippen molar-refractivity contribution in [1.29, 1.82) is 10.8 Å². The van der Waals surface area contributed by atoms with Crippen LogP contribution in [0.4, 0.5) is 0 Å². The van der Waals surface area contributed by atoms with E-state index in [4.69, 9.17) is 21.3 Å². The number of benzene rings is 1. The second-order valence-electron chi connectivity index (χ2n) is 7.84. The number of nitrogens with one attached hydrogen (secondary N) is 2. The predicted molar refractivity (Wildman–Crippen MR) is 107 cm³/mol. The minimum Gasteiger partial charge on any atom is -0.484 e. The third-order valence-electron chi connectivity index (χ3n) is 5.62. The van der Waals surface area contributed by atoms with Crippen molar-refractivity contribution in [3.63, 3.8) is 0 Å². The van der Waals surface area contributed by atoms with E-state index in [1.165, 1.54) is 0 Å². The van der Waals surface area contributed by atoms with Crippen molar-refractivity contribution in [2.24, 2.45) is 5.73 Å². The van der Waals surface area contributed by atoms with Gasteiger partial charge in [0, 0.05) is 6.04 Å². The van der Waals surface area contributed by atoms with Crippen molar-refractivity contribution in [1.82, 2.24) is 9.47 Å². The van der Waals surface area contributed by atoms with Crippen LogP contribution in [0.5, 0.6) is 5.75 Å². The minimum absolute atomic E-state index is 0.0515. The molecule has 1 aromatic carbocycles. The van der Waals surface area contributed by atoms with Gasteiger partial charge in [-0.2, -0.15) is 0 Å². The first-order chi connectivity index (χ1) is 12.7. The van der Waals surface area contributed by atoms with Crippen molar-refractivity contribution >= 4 is 5.84 Å². The smallest absolute Gasteiger partial charge is 0.137 e. The molecule has 1 aliphatic rings. The van der Waals surface area contributed by atoms with E-state index in [9.17, 15) is 0 Å². The van der Waals surface area contributed by atoms with Crippen LogP contribution in [0.25, 0.3) is 0 Å². The Labute approximate surface area is 160 Å². The molecule has 3 rings (SSSR count). The van der Waals surface area contributed by atoms with Crippen LogP contribution >= 0.6 is 0 Å². The first-order valence-electron chi connectivity index (χ1n) is 9.27. The summed E-state index contributed by atoms with van der Waals surface area (Å²) in [6.45, 7) is 3.93. The average Bonchev–Trinajstić information content (AvgIpc) is 2.65. The van der Waals surface area contributed by atoms with Crippen LogP contribution in [0.3, 0.4) is 0 Å². The quantitative estimate of drug-likeness (QED) is 0.573. The Morgan fingerprint density at radius 2 is 1.81 bits per heavy atom. The highest BCUT2D eigenvalue weighted by atomic mass is 16.5. The molecule has 0 aliphatic heterocycles. The molecule has 6 nitrogen and oxygen atoms in total. The topological polar surface area (TPSA) is 91.1 Å². The summed E-state index contributed by atoms with van der Waals surface area (Å²) in [6, 6.07) is 11.7. The summed E-state index contributed by atoms with van der Waals surface area (Å²) in [5.41, 5.74) is 8.26. The van der Waals surface area contributed by atoms with Crippen molar-refractivity contribution in [3.05, 3.63) is 59.2 Å². The third kappa shape index (κ3) is 3.68. The lowest BCUT2D eigenvalue weighted by Gasteiger charge is -2.34. The molecule has 0 saturated heterocycles. The molecule has 1 aromatic heterocycles. The maximum atomic E-state index is 8.59. The summed E-state index contributed by atoms with van der Waals surface area (Å²) in [6.07, 6.45) is 3.40. The van der Waals surface area contributed by atoms with Gasteiger partial charge in [0.05, 0.1) is 11.7 Å². The number of likely N-dealkylation sites (N-methyl/N-ethyl adjacent to an activating group) is 1. The fourth-order valence-corrected chi connectivity index (χ4v) is 3.31. The molecule has 0 bridgehead atoms. The van der Waals surface area contributed by atoms with Crippen LogP contribution in [0.15, 0.2) is 42.6 Å². The van der Waals surface area contributed by atoms with E-state index < -0.39 is 5.54 Å². The average molecular weight is 367 g/mol. The molecule has 0 radical (unpaired) electrons. The van der Waals surface area contributed by atoms with Gasteiger partial charge in [0.15, 0.2) is 0 Å². The molecule has 2 aromatic rings. The van der Waals surface area contributed by atoms with Gasteiger partial charge < -0.3 is 10.5 Å². The van der Waals surface area contributed by atoms with Gasteiger partial charge in [-0.15, -0.1) is 0 Å². The van der Waals surface area contributed by atoms with Crippen molar-refractivity contribution in [3.8, 4) is 5.75 Å². The molecular formula is C21H29N5O. The summed E-state index contributed by atoms with van der Waals surface area (Å²) in [5.74, 6) is 0.981. The van der Waals surface area contributed by atoms with E-state index in [1.54, 1.807) is 22.9 Å². The Bertz CT molecular complexity index is 899. The number of fused-ring (bicyclic) bond motifs is 1. The Morgan fingerprint density at radius 1 is 1.15 bits per heavy atom. The van der Waals surface area contributed by atoms with Crippen LogP contribution in [0.2, 0.25) is 0 Å². The van der Waals surface area contributed by atoms with E-state index in [1.807, 2.05) is 45.0 Å². The second-order valence-corrected chi connectivity index (χ2v) is 7.84. The van der Waals surface area contributed by atoms with E-state index in [0.29, 0.717) is 11.6 Å². The van der Waals surface area contributed by atoms with Gasteiger partial charge in [-0.1, -0.05) is 24.3 Å². The molecule has 2 atom stereocenters. The first-order valence-corrected chi connectivity index (χ1v) is 9.27. The fourth-order valence-electron chi connectivity index (χ4n) is 3.31. The van der Waals surface area contributed by atoms with Crippen LogP contribution in [-0.2, 0) is 0 Å². The molecule has 1 heterocycles. The highest BCUT2D eigenvalue weighted by Crippen LogP contribution is 2.37. The van der Waals surface area contributed by atoms with Gasteiger partial charge >= 0.3 is 0 Å². The molecule has 27 heavy (non-hydrogen) atoms. The molecular weight excluding hydrogens is 338 g/mol. The maximum absolute atomic E-state index is 8.59. The summed E-state index contributed by atoms with van der Waals surface area (Å²) >= 11 is 0. The van der Waals surface area contributed by atoms with Crippen LogP contribution in [0.1, 0.15) is 50.0 Å². The summed E-state index contributed by atoms with van der Waals surface area (Å²) < 4.78 is 7.86. The number of hydrogen-bond donors (Lipinski definition) is 3. The van der Waals surface area contributed by atoms with Crippen LogP contribution in [-0.4, -0.2) is 34.9 Å².